The lowest BCUT2D eigenvalue weighted by Gasteiger charge is -2.23. The van der Waals surface area contributed by atoms with E-state index in [1.807, 2.05) is 6.92 Å². The van der Waals surface area contributed by atoms with Crippen LogP contribution in [0.4, 0.5) is 13.2 Å². The van der Waals surface area contributed by atoms with Gasteiger partial charge in [-0.1, -0.05) is 37.6 Å². The number of fused-ring (bicyclic) bond motifs is 2. The minimum atomic E-state index is -1.05. The first-order chi connectivity index (χ1) is 13.5. The van der Waals surface area contributed by atoms with Gasteiger partial charge in [-0.25, -0.2) is 8.78 Å². The van der Waals surface area contributed by atoms with Crippen molar-refractivity contribution < 1.29 is 22.6 Å². The molecule has 5 heteroatoms. The van der Waals surface area contributed by atoms with E-state index in [-0.39, 0.29) is 11.5 Å². The van der Waals surface area contributed by atoms with Crippen LogP contribution in [0.3, 0.4) is 0 Å². The standard InChI is InChI=1S/C23H19F3O2/c1-3-4-14-11-16-12-15-7-10-18(13-5-8-17(27-2)9-6-13)20(25)22(15)28-23(16)21(26)19(14)24/h5-11H,3-4,12H2,1-2H3. The summed E-state index contributed by atoms with van der Waals surface area (Å²) in [6.45, 7) is 1.90. The van der Waals surface area contributed by atoms with Crippen LogP contribution in [0.5, 0.6) is 17.2 Å². The molecule has 28 heavy (non-hydrogen) atoms. The van der Waals surface area contributed by atoms with Crippen LogP contribution in [-0.2, 0) is 12.8 Å². The molecular formula is C23H19F3O2. The summed E-state index contributed by atoms with van der Waals surface area (Å²) < 4.78 is 54.7. The molecule has 0 bridgehead atoms. The topological polar surface area (TPSA) is 18.5 Å². The van der Waals surface area contributed by atoms with E-state index in [0.717, 1.165) is 0 Å². The van der Waals surface area contributed by atoms with E-state index in [1.54, 1.807) is 49.6 Å². The van der Waals surface area contributed by atoms with E-state index >= 15 is 4.39 Å². The second-order valence-corrected chi connectivity index (χ2v) is 6.82. The zero-order chi connectivity index (χ0) is 19.8. The Kier molecular flexibility index (Phi) is 4.75. The van der Waals surface area contributed by atoms with Gasteiger partial charge in [0.25, 0.3) is 0 Å². The number of ether oxygens (including phenoxy) is 2. The maximum absolute atomic E-state index is 15.2. The largest absolute Gasteiger partial charge is 0.497 e. The quantitative estimate of drug-likeness (QED) is 0.404. The molecule has 4 rings (SSSR count). The first kappa shape index (κ1) is 18.4. The predicted molar refractivity (Wildman–Crippen MR) is 102 cm³/mol. The molecule has 0 N–H and O–H groups in total. The molecule has 0 saturated carbocycles. The molecule has 144 valence electrons. The van der Waals surface area contributed by atoms with Gasteiger partial charge in [0.1, 0.15) is 5.75 Å². The molecular weight excluding hydrogens is 365 g/mol. The third-order valence-corrected chi connectivity index (χ3v) is 5.00. The first-order valence-corrected chi connectivity index (χ1v) is 9.16. The minimum Gasteiger partial charge on any atom is -0.497 e. The van der Waals surface area contributed by atoms with Crippen molar-refractivity contribution in [3.8, 4) is 28.4 Å². The Morgan fingerprint density at radius 1 is 0.893 bits per heavy atom. The van der Waals surface area contributed by atoms with Gasteiger partial charge in [-0.05, 0) is 35.7 Å². The third-order valence-electron chi connectivity index (χ3n) is 5.00. The minimum absolute atomic E-state index is 0.0534. The number of halogens is 3. The monoisotopic (exact) mass is 384 g/mol. The van der Waals surface area contributed by atoms with Gasteiger partial charge in [-0.15, -0.1) is 0 Å². The average molecular weight is 384 g/mol. The predicted octanol–water partition coefficient (Wildman–Crippen LogP) is 6.43. The fourth-order valence-electron chi connectivity index (χ4n) is 3.56. The molecule has 3 aromatic carbocycles. The highest BCUT2D eigenvalue weighted by molar-refractivity contribution is 5.69. The summed E-state index contributed by atoms with van der Waals surface area (Å²) in [5.74, 6) is -2.19. The van der Waals surface area contributed by atoms with Gasteiger partial charge in [0.2, 0.25) is 5.82 Å². The van der Waals surface area contributed by atoms with Crippen molar-refractivity contribution >= 4 is 0 Å². The summed E-state index contributed by atoms with van der Waals surface area (Å²) in [6, 6.07) is 12.0. The van der Waals surface area contributed by atoms with Gasteiger partial charge >= 0.3 is 0 Å². The zero-order valence-electron chi connectivity index (χ0n) is 15.6. The summed E-state index contributed by atoms with van der Waals surface area (Å²) in [5.41, 5.74) is 2.43. The van der Waals surface area contributed by atoms with Gasteiger partial charge in [-0.2, -0.15) is 4.39 Å². The van der Waals surface area contributed by atoms with Crippen molar-refractivity contribution in [3.63, 3.8) is 0 Å². The molecule has 0 aliphatic carbocycles. The zero-order valence-corrected chi connectivity index (χ0v) is 15.6. The fourth-order valence-corrected chi connectivity index (χ4v) is 3.56. The maximum Gasteiger partial charge on any atom is 0.201 e. The number of hydrogen-bond donors (Lipinski definition) is 0. The Morgan fingerprint density at radius 3 is 2.29 bits per heavy atom. The summed E-state index contributed by atoms with van der Waals surface area (Å²) in [5, 5.41) is 0. The summed E-state index contributed by atoms with van der Waals surface area (Å²) >= 11 is 0. The van der Waals surface area contributed by atoms with Gasteiger partial charge in [0.05, 0.1) is 7.11 Å². The molecule has 0 amide bonds. The summed E-state index contributed by atoms with van der Waals surface area (Å²) in [4.78, 5) is 0. The average Bonchev–Trinajstić information content (AvgIpc) is 2.72. The highest BCUT2D eigenvalue weighted by Crippen LogP contribution is 2.43. The van der Waals surface area contributed by atoms with E-state index in [9.17, 15) is 8.78 Å². The molecule has 0 spiro atoms. The van der Waals surface area contributed by atoms with Gasteiger partial charge < -0.3 is 9.47 Å². The Labute approximate surface area is 161 Å². The van der Waals surface area contributed by atoms with E-state index in [1.165, 1.54) is 0 Å². The van der Waals surface area contributed by atoms with Crippen molar-refractivity contribution in [2.24, 2.45) is 0 Å². The maximum atomic E-state index is 15.2. The third kappa shape index (κ3) is 3.01. The Hall–Kier alpha value is -2.95. The molecule has 1 aliphatic heterocycles. The van der Waals surface area contributed by atoms with Gasteiger partial charge in [0.15, 0.2) is 23.1 Å². The van der Waals surface area contributed by atoms with Crippen molar-refractivity contribution in [2.75, 3.05) is 7.11 Å². The van der Waals surface area contributed by atoms with Gasteiger partial charge in [-0.3, -0.25) is 0 Å². The van der Waals surface area contributed by atoms with E-state index in [0.29, 0.717) is 52.8 Å². The van der Waals surface area contributed by atoms with Crippen LogP contribution < -0.4 is 9.47 Å². The molecule has 0 unspecified atom stereocenters. The molecule has 1 aliphatic rings. The Balaban J connectivity index is 1.76. The molecule has 0 aromatic heterocycles. The number of aryl methyl sites for hydroxylation is 1. The van der Waals surface area contributed by atoms with E-state index < -0.39 is 17.5 Å². The summed E-state index contributed by atoms with van der Waals surface area (Å²) in [7, 11) is 1.55. The van der Waals surface area contributed by atoms with Crippen LogP contribution in [0, 0.1) is 17.5 Å². The van der Waals surface area contributed by atoms with Crippen molar-refractivity contribution in [1.82, 2.24) is 0 Å². The SMILES string of the molecule is CCCc1cc2c(c(F)c1F)Oc1c(ccc(-c3ccc(OC)cc3)c1F)C2. The van der Waals surface area contributed by atoms with Crippen molar-refractivity contribution in [3.05, 3.63) is 76.6 Å². The lowest BCUT2D eigenvalue weighted by atomic mass is 9.94. The lowest BCUT2D eigenvalue weighted by molar-refractivity contribution is 0.380. The summed E-state index contributed by atoms with van der Waals surface area (Å²) in [6.07, 6.45) is 1.43. The second-order valence-electron chi connectivity index (χ2n) is 6.82. The highest BCUT2D eigenvalue weighted by atomic mass is 19.2. The Morgan fingerprint density at radius 2 is 1.61 bits per heavy atom. The number of benzene rings is 3. The first-order valence-electron chi connectivity index (χ1n) is 9.16. The molecule has 2 nitrogen and oxygen atoms in total. The van der Waals surface area contributed by atoms with Crippen molar-refractivity contribution in [1.29, 1.82) is 0 Å². The van der Waals surface area contributed by atoms with Crippen LogP contribution in [-0.4, -0.2) is 7.11 Å². The van der Waals surface area contributed by atoms with E-state index in [4.69, 9.17) is 9.47 Å². The molecule has 3 aromatic rings. The normalized spacial score (nSPS) is 12.2. The highest BCUT2D eigenvalue weighted by Gasteiger charge is 2.28. The number of rotatable bonds is 4. The lowest BCUT2D eigenvalue weighted by Crippen LogP contribution is -2.10. The molecule has 0 fully saturated rings. The smallest absolute Gasteiger partial charge is 0.201 e. The van der Waals surface area contributed by atoms with Crippen LogP contribution in [0.2, 0.25) is 0 Å². The second kappa shape index (κ2) is 7.23. The van der Waals surface area contributed by atoms with Crippen LogP contribution in [0.1, 0.15) is 30.0 Å². The molecule has 0 saturated heterocycles. The van der Waals surface area contributed by atoms with Crippen LogP contribution in [0.25, 0.3) is 11.1 Å². The molecule has 0 radical (unpaired) electrons. The molecule has 0 atom stereocenters. The van der Waals surface area contributed by atoms with E-state index in [2.05, 4.69) is 0 Å². The van der Waals surface area contributed by atoms with Crippen LogP contribution in [0.15, 0.2) is 42.5 Å². The number of hydrogen-bond acceptors (Lipinski definition) is 2. The number of methoxy groups -OCH3 is 1. The molecule has 1 heterocycles. The fraction of sp³-hybridized carbons (Fsp3) is 0.217. The van der Waals surface area contributed by atoms with Crippen molar-refractivity contribution in [2.45, 2.75) is 26.2 Å². The Bertz CT molecular complexity index is 1040. The van der Waals surface area contributed by atoms with Gasteiger partial charge in [0, 0.05) is 23.1 Å². The van der Waals surface area contributed by atoms with Crippen LogP contribution >= 0.6 is 0 Å².